The van der Waals surface area contributed by atoms with Crippen LogP contribution in [0.5, 0.6) is 0 Å². The summed E-state index contributed by atoms with van der Waals surface area (Å²) in [7, 11) is 0. The van der Waals surface area contributed by atoms with E-state index in [1.54, 1.807) is 0 Å². The van der Waals surface area contributed by atoms with Crippen molar-refractivity contribution in [2.24, 2.45) is 23.7 Å². The molecule has 0 aromatic heterocycles. The molecule has 2 atom stereocenters. The van der Waals surface area contributed by atoms with Gasteiger partial charge in [-0.05, 0) is 73.8 Å². The van der Waals surface area contributed by atoms with E-state index in [4.69, 9.17) is 33.9 Å². The first-order valence-electron chi connectivity index (χ1n) is 17.9. The van der Waals surface area contributed by atoms with Crippen LogP contribution in [0.25, 0.3) is 0 Å². The molecule has 0 aliphatic rings. The molecular formula is C36H70O4S2. The Morgan fingerprint density at radius 3 is 1.00 bits per heavy atom. The third kappa shape index (κ3) is 27.3. The van der Waals surface area contributed by atoms with Gasteiger partial charge >= 0.3 is 0 Å². The normalized spacial score (nSPS) is 13.2. The second kappa shape index (κ2) is 30.7. The zero-order valence-electron chi connectivity index (χ0n) is 28.2. The Kier molecular flexibility index (Phi) is 30.5. The van der Waals surface area contributed by atoms with Crippen LogP contribution in [0.1, 0.15) is 169 Å². The number of unbranched alkanes of at least 4 members (excludes halogenated alkanes) is 4. The Labute approximate surface area is 272 Å². The van der Waals surface area contributed by atoms with Gasteiger partial charge in [-0.1, -0.05) is 130 Å². The minimum atomic E-state index is 0.131. The molecule has 4 nitrogen and oxygen atoms in total. The van der Waals surface area contributed by atoms with Gasteiger partial charge in [-0.15, -0.1) is 0 Å². The number of aliphatic hydroxyl groups is 2. The maximum absolute atomic E-state index is 9.76. The molecule has 0 fully saturated rings. The van der Waals surface area contributed by atoms with Crippen molar-refractivity contribution in [2.45, 2.75) is 169 Å². The number of aliphatic hydroxyl groups excluding tert-OH is 2. The highest BCUT2D eigenvalue weighted by Crippen LogP contribution is 2.27. The monoisotopic (exact) mass is 630 g/mol. The Morgan fingerprint density at radius 1 is 0.429 bits per heavy atom. The molecule has 42 heavy (non-hydrogen) atoms. The summed E-state index contributed by atoms with van der Waals surface area (Å²) < 4.78 is 11.8. The Morgan fingerprint density at radius 2 is 0.714 bits per heavy atom. The van der Waals surface area contributed by atoms with Crippen molar-refractivity contribution in [2.75, 3.05) is 26.4 Å². The van der Waals surface area contributed by atoms with Gasteiger partial charge in [0, 0.05) is 26.1 Å². The van der Waals surface area contributed by atoms with Crippen molar-refractivity contribution >= 4 is 34.5 Å². The maximum atomic E-state index is 9.76. The van der Waals surface area contributed by atoms with Crippen molar-refractivity contribution in [3.05, 3.63) is 0 Å². The average molecular weight is 631 g/mol. The lowest BCUT2D eigenvalue weighted by Crippen LogP contribution is -2.14. The molecule has 0 bridgehead atoms. The molecule has 250 valence electrons. The zero-order valence-corrected chi connectivity index (χ0v) is 29.9. The molecule has 0 amide bonds. The second-order valence-corrected chi connectivity index (χ2v) is 13.8. The molecule has 6 heteroatoms. The van der Waals surface area contributed by atoms with Gasteiger partial charge in [0.15, 0.2) is 10.1 Å². The first-order valence-corrected chi connectivity index (χ1v) is 18.8. The standard InChI is InChI=1S/C36H70O4S2/c1-5-9-15-31(16-10-6-2)19-13-21-33(29-35(37)41)23-25-39-27-28-40-26-24-34(30-36(38)42)22-14-20-32(17-11-7-3)18-12-8-4/h31-34H,5-30H2,1-4H3,(H,37,41)(H,38,42). The number of ether oxygens (including phenoxy) is 2. The summed E-state index contributed by atoms with van der Waals surface area (Å²) in [6, 6.07) is 0. The maximum Gasteiger partial charge on any atom is 0.156 e. The van der Waals surface area contributed by atoms with Crippen LogP contribution in [0.3, 0.4) is 0 Å². The minimum Gasteiger partial charge on any atom is -0.502 e. The number of hydrogen-bond acceptors (Lipinski definition) is 4. The van der Waals surface area contributed by atoms with Crippen LogP contribution in [0.4, 0.5) is 0 Å². The van der Waals surface area contributed by atoms with Crippen molar-refractivity contribution in [1.29, 1.82) is 0 Å². The lowest BCUT2D eigenvalue weighted by atomic mass is 9.88. The van der Waals surface area contributed by atoms with Gasteiger partial charge in [0.1, 0.15) is 0 Å². The van der Waals surface area contributed by atoms with E-state index < -0.39 is 0 Å². The van der Waals surface area contributed by atoms with Crippen LogP contribution >= 0.6 is 24.4 Å². The third-order valence-electron chi connectivity index (χ3n) is 8.95. The molecule has 0 aromatic carbocycles. The summed E-state index contributed by atoms with van der Waals surface area (Å²) in [4.78, 5) is 0. The van der Waals surface area contributed by atoms with E-state index in [0.29, 0.717) is 51.1 Å². The van der Waals surface area contributed by atoms with Gasteiger partial charge in [-0.2, -0.15) is 0 Å². The van der Waals surface area contributed by atoms with E-state index in [0.717, 1.165) is 37.5 Å². The summed E-state index contributed by atoms with van der Waals surface area (Å²) in [5, 5.41) is 19.8. The molecule has 0 saturated heterocycles. The van der Waals surface area contributed by atoms with Gasteiger partial charge in [-0.25, -0.2) is 0 Å². The molecule has 0 aromatic rings. The molecule has 0 aliphatic carbocycles. The fourth-order valence-corrected chi connectivity index (χ4v) is 6.71. The van der Waals surface area contributed by atoms with Gasteiger partial charge in [0.05, 0.1) is 13.2 Å². The van der Waals surface area contributed by atoms with Crippen LogP contribution in [-0.2, 0) is 9.47 Å². The lowest BCUT2D eigenvalue weighted by Gasteiger charge is -2.20. The highest BCUT2D eigenvalue weighted by Gasteiger charge is 2.15. The van der Waals surface area contributed by atoms with Crippen molar-refractivity contribution in [3.8, 4) is 0 Å². The van der Waals surface area contributed by atoms with E-state index in [-0.39, 0.29) is 10.1 Å². The van der Waals surface area contributed by atoms with Crippen molar-refractivity contribution in [1.82, 2.24) is 0 Å². The van der Waals surface area contributed by atoms with Crippen molar-refractivity contribution < 1.29 is 19.7 Å². The minimum absolute atomic E-state index is 0.131. The van der Waals surface area contributed by atoms with E-state index in [9.17, 15) is 10.2 Å². The molecule has 0 rings (SSSR count). The Hall–Kier alpha value is -0.300. The molecule has 0 aliphatic heterocycles. The summed E-state index contributed by atoms with van der Waals surface area (Å²) in [5.74, 6) is 2.49. The van der Waals surface area contributed by atoms with Crippen LogP contribution in [-0.4, -0.2) is 46.7 Å². The zero-order chi connectivity index (χ0) is 31.3. The number of thiocarbonyl (C=S) groups is 2. The molecule has 2 N–H and O–H groups in total. The van der Waals surface area contributed by atoms with Crippen LogP contribution in [0, 0.1) is 23.7 Å². The Bertz CT molecular complexity index is 547. The largest absolute Gasteiger partial charge is 0.502 e. The predicted molar refractivity (Wildman–Crippen MR) is 190 cm³/mol. The van der Waals surface area contributed by atoms with Gasteiger partial charge in [0.25, 0.3) is 0 Å². The molecule has 0 spiro atoms. The van der Waals surface area contributed by atoms with E-state index in [1.165, 1.54) is 103 Å². The van der Waals surface area contributed by atoms with Crippen molar-refractivity contribution in [3.63, 3.8) is 0 Å². The van der Waals surface area contributed by atoms with E-state index >= 15 is 0 Å². The first kappa shape index (κ1) is 41.7. The summed E-state index contributed by atoms with van der Waals surface area (Å²) in [5.41, 5.74) is 0. The van der Waals surface area contributed by atoms with Gasteiger partial charge < -0.3 is 19.7 Å². The van der Waals surface area contributed by atoms with Gasteiger partial charge in [0.2, 0.25) is 0 Å². The van der Waals surface area contributed by atoms with Crippen LogP contribution < -0.4 is 0 Å². The fraction of sp³-hybridized carbons (Fsp3) is 0.944. The SMILES string of the molecule is CCCCC(CCCC)CCCC(CCOCCOCCC(CCCC(CCCC)CCCC)CC(O)=S)CC(O)=S. The highest BCUT2D eigenvalue weighted by molar-refractivity contribution is 7.80. The Balaban J connectivity index is 4.27. The molecular weight excluding hydrogens is 561 g/mol. The molecule has 0 heterocycles. The van der Waals surface area contributed by atoms with E-state index in [2.05, 4.69) is 27.7 Å². The fourth-order valence-electron chi connectivity index (χ4n) is 6.24. The average Bonchev–Trinajstić information content (AvgIpc) is 2.95. The lowest BCUT2D eigenvalue weighted by molar-refractivity contribution is 0.0376. The predicted octanol–water partition coefficient (Wildman–Crippen LogP) is 11.9. The number of rotatable bonds is 33. The second-order valence-electron chi connectivity index (χ2n) is 12.9. The molecule has 2 unspecified atom stereocenters. The summed E-state index contributed by atoms with van der Waals surface area (Å²) in [6.45, 7) is 11.7. The summed E-state index contributed by atoms with van der Waals surface area (Å²) >= 11 is 10.1. The highest BCUT2D eigenvalue weighted by atomic mass is 32.1. The smallest absolute Gasteiger partial charge is 0.156 e. The molecule has 0 saturated carbocycles. The van der Waals surface area contributed by atoms with Crippen LogP contribution in [0.15, 0.2) is 0 Å². The number of hydrogen-bond donors (Lipinski definition) is 2. The summed E-state index contributed by atoms with van der Waals surface area (Å²) in [6.07, 6.45) is 26.2. The topological polar surface area (TPSA) is 58.9 Å². The first-order chi connectivity index (χ1) is 20.4. The quantitative estimate of drug-likeness (QED) is 0.0556. The molecule has 0 radical (unpaired) electrons. The third-order valence-corrected chi connectivity index (χ3v) is 9.29. The van der Waals surface area contributed by atoms with E-state index in [1.807, 2.05) is 0 Å². The van der Waals surface area contributed by atoms with Gasteiger partial charge in [-0.3, -0.25) is 0 Å². The van der Waals surface area contributed by atoms with Crippen LogP contribution in [0.2, 0.25) is 0 Å².